The molecule has 0 aromatic carbocycles. The van der Waals surface area contributed by atoms with Crippen molar-refractivity contribution in [2.24, 2.45) is 0 Å². The number of rotatable bonds is 20. The van der Waals surface area contributed by atoms with Crippen LogP contribution in [0.15, 0.2) is 24.6 Å². The van der Waals surface area contributed by atoms with Gasteiger partial charge in [0.25, 0.3) is 0 Å². The summed E-state index contributed by atoms with van der Waals surface area (Å²) in [7, 11) is -3.73. The highest BCUT2D eigenvalue weighted by atomic mass is 28.4. The average molecular weight is 411 g/mol. The summed E-state index contributed by atoms with van der Waals surface area (Å²) in [6, 6.07) is 5.27. The Balaban J connectivity index is 5.44. The van der Waals surface area contributed by atoms with Crippen LogP contribution in [0.4, 0.5) is 0 Å². The minimum Gasteiger partial charge on any atom is -0.449 e. The molecule has 0 unspecified atom stereocenters. The molecular formula is C24H50OSi2. The van der Waals surface area contributed by atoms with Gasteiger partial charge in [-0.15, -0.1) is 13.2 Å². The van der Waals surface area contributed by atoms with Gasteiger partial charge in [0.2, 0.25) is 8.32 Å². The van der Waals surface area contributed by atoms with Crippen molar-refractivity contribution >= 4 is 16.6 Å². The van der Waals surface area contributed by atoms with E-state index in [9.17, 15) is 0 Å². The Labute approximate surface area is 174 Å². The average Bonchev–Trinajstić information content (AvgIpc) is 2.68. The Kier molecular flexibility index (Phi) is 16.7. The first-order valence-electron chi connectivity index (χ1n) is 12.0. The molecule has 0 aliphatic rings. The lowest BCUT2D eigenvalue weighted by Crippen LogP contribution is -2.50. The lowest BCUT2D eigenvalue weighted by Gasteiger charge is -2.40. The molecule has 0 amide bonds. The summed E-state index contributed by atoms with van der Waals surface area (Å²) in [5.74, 6) is 0. The summed E-state index contributed by atoms with van der Waals surface area (Å²) < 4.78 is 7.35. The van der Waals surface area contributed by atoms with E-state index < -0.39 is 16.6 Å². The molecule has 160 valence electrons. The quantitative estimate of drug-likeness (QED) is 0.143. The molecule has 0 aliphatic carbocycles. The van der Waals surface area contributed by atoms with E-state index in [0.29, 0.717) is 0 Å². The molecule has 0 atom stereocenters. The standard InChI is InChI=1S/C24H50OSi2/c1-7-13-17-21-26(11-5,12-6)25-27(22-18-14-8-2,23-19-15-9-3)24-20-16-10-4/h11-12H,5-10,13-24H2,1-4H3. The Morgan fingerprint density at radius 2 is 0.889 bits per heavy atom. The SMILES string of the molecule is C=C[Si](C=C)(CCCCC)O[Si](CCCCC)(CCCCC)CCCCC. The first-order valence-corrected chi connectivity index (χ1v) is 16.8. The molecule has 0 aromatic rings. The highest BCUT2D eigenvalue weighted by molar-refractivity contribution is 6.92. The molecule has 0 aliphatic heterocycles. The number of hydrogen-bond donors (Lipinski definition) is 0. The minimum atomic E-state index is -2.01. The van der Waals surface area contributed by atoms with Crippen LogP contribution in [0.25, 0.3) is 0 Å². The highest BCUT2D eigenvalue weighted by Crippen LogP contribution is 2.35. The highest BCUT2D eigenvalue weighted by Gasteiger charge is 2.41. The zero-order valence-corrected chi connectivity index (χ0v) is 21.3. The Hall–Kier alpha value is -0.126. The second kappa shape index (κ2) is 16.8. The first-order chi connectivity index (χ1) is 13.1. The van der Waals surface area contributed by atoms with Crippen LogP contribution in [0.3, 0.4) is 0 Å². The molecule has 0 N–H and O–H groups in total. The molecule has 1 nitrogen and oxygen atoms in total. The van der Waals surface area contributed by atoms with Gasteiger partial charge in [0.15, 0.2) is 8.32 Å². The summed E-state index contributed by atoms with van der Waals surface area (Å²) in [6.45, 7) is 17.7. The molecule has 0 bridgehead atoms. The first kappa shape index (κ1) is 26.9. The summed E-state index contributed by atoms with van der Waals surface area (Å²) >= 11 is 0. The van der Waals surface area contributed by atoms with Crippen LogP contribution < -0.4 is 0 Å². The summed E-state index contributed by atoms with van der Waals surface area (Å²) in [4.78, 5) is 0. The second-order valence-electron chi connectivity index (χ2n) is 8.48. The van der Waals surface area contributed by atoms with Gasteiger partial charge < -0.3 is 4.12 Å². The van der Waals surface area contributed by atoms with E-state index >= 15 is 0 Å². The smallest absolute Gasteiger partial charge is 0.229 e. The van der Waals surface area contributed by atoms with Gasteiger partial charge in [0, 0.05) is 0 Å². The fourth-order valence-electron chi connectivity index (χ4n) is 4.10. The van der Waals surface area contributed by atoms with Crippen LogP contribution in [0.2, 0.25) is 24.2 Å². The van der Waals surface area contributed by atoms with Gasteiger partial charge in [-0.05, 0) is 24.2 Å². The van der Waals surface area contributed by atoms with E-state index in [-0.39, 0.29) is 0 Å². The third-order valence-electron chi connectivity index (χ3n) is 5.98. The van der Waals surface area contributed by atoms with Gasteiger partial charge in [0.05, 0.1) is 0 Å². The zero-order chi connectivity index (χ0) is 20.4. The second-order valence-corrected chi connectivity index (χ2v) is 16.4. The minimum absolute atomic E-state index is 1.19. The third kappa shape index (κ3) is 11.5. The predicted octanol–water partition coefficient (Wildman–Crippen LogP) is 9.11. The van der Waals surface area contributed by atoms with Crippen LogP contribution in [-0.4, -0.2) is 16.6 Å². The van der Waals surface area contributed by atoms with Crippen LogP contribution in [0, 0.1) is 0 Å². The Bertz CT molecular complexity index is 333. The van der Waals surface area contributed by atoms with Crippen molar-refractivity contribution in [1.82, 2.24) is 0 Å². The van der Waals surface area contributed by atoms with Gasteiger partial charge in [0.1, 0.15) is 0 Å². The molecule has 0 saturated heterocycles. The van der Waals surface area contributed by atoms with Crippen LogP contribution in [0.5, 0.6) is 0 Å². The molecule has 0 aromatic heterocycles. The van der Waals surface area contributed by atoms with Crippen LogP contribution >= 0.6 is 0 Å². The molecule has 0 spiro atoms. The maximum atomic E-state index is 7.35. The van der Waals surface area contributed by atoms with Gasteiger partial charge in [-0.3, -0.25) is 0 Å². The van der Waals surface area contributed by atoms with Crippen molar-refractivity contribution < 1.29 is 4.12 Å². The van der Waals surface area contributed by atoms with Gasteiger partial charge in [-0.25, -0.2) is 0 Å². The number of unbranched alkanes of at least 4 members (excludes halogenated alkanes) is 8. The molecule has 0 fully saturated rings. The summed E-state index contributed by atoms with van der Waals surface area (Å²) in [5, 5.41) is 0. The summed E-state index contributed by atoms with van der Waals surface area (Å²) in [5.41, 5.74) is 4.41. The van der Waals surface area contributed by atoms with E-state index in [4.69, 9.17) is 4.12 Å². The van der Waals surface area contributed by atoms with Crippen molar-refractivity contribution in [1.29, 1.82) is 0 Å². The summed E-state index contributed by atoms with van der Waals surface area (Å²) in [6.07, 6.45) is 15.9. The molecule has 3 heteroatoms. The normalized spacial score (nSPS) is 12.3. The van der Waals surface area contributed by atoms with Gasteiger partial charge in [-0.1, -0.05) is 116 Å². The zero-order valence-electron chi connectivity index (χ0n) is 19.3. The van der Waals surface area contributed by atoms with E-state index in [1.807, 2.05) is 0 Å². The van der Waals surface area contributed by atoms with Crippen molar-refractivity contribution in [2.75, 3.05) is 0 Å². The monoisotopic (exact) mass is 410 g/mol. The van der Waals surface area contributed by atoms with E-state index in [1.54, 1.807) is 0 Å². The largest absolute Gasteiger partial charge is 0.449 e. The van der Waals surface area contributed by atoms with E-state index in [2.05, 4.69) is 52.3 Å². The lowest BCUT2D eigenvalue weighted by molar-refractivity contribution is 0.503. The molecular weight excluding hydrogens is 360 g/mol. The van der Waals surface area contributed by atoms with Crippen molar-refractivity contribution in [3.05, 3.63) is 24.6 Å². The Morgan fingerprint density at radius 3 is 1.19 bits per heavy atom. The van der Waals surface area contributed by atoms with Gasteiger partial charge >= 0.3 is 0 Å². The van der Waals surface area contributed by atoms with Crippen molar-refractivity contribution in [3.63, 3.8) is 0 Å². The molecule has 0 rings (SSSR count). The molecule has 0 saturated carbocycles. The molecule has 0 radical (unpaired) electrons. The fraction of sp³-hybridized carbons (Fsp3) is 0.833. The van der Waals surface area contributed by atoms with E-state index in [0.717, 1.165) is 0 Å². The van der Waals surface area contributed by atoms with E-state index in [1.165, 1.54) is 101 Å². The maximum Gasteiger partial charge on any atom is 0.229 e. The topological polar surface area (TPSA) is 9.23 Å². The molecule has 0 heterocycles. The fourth-order valence-corrected chi connectivity index (χ4v) is 14.4. The Morgan fingerprint density at radius 1 is 0.556 bits per heavy atom. The van der Waals surface area contributed by atoms with Crippen LogP contribution in [0.1, 0.15) is 105 Å². The molecule has 27 heavy (non-hydrogen) atoms. The predicted molar refractivity (Wildman–Crippen MR) is 130 cm³/mol. The van der Waals surface area contributed by atoms with Crippen molar-refractivity contribution in [2.45, 2.75) is 129 Å². The lowest BCUT2D eigenvalue weighted by atomic mass is 10.3. The van der Waals surface area contributed by atoms with Crippen molar-refractivity contribution in [3.8, 4) is 0 Å². The number of hydrogen-bond acceptors (Lipinski definition) is 1. The third-order valence-corrected chi connectivity index (χ3v) is 15.5. The van der Waals surface area contributed by atoms with Gasteiger partial charge in [-0.2, -0.15) is 0 Å². The van der Waals surface area contributed by atoms with Crippen LogP contribution in [-0.2, 0) is 4.12 Å². The maximum absolute atomic E-state index is 7.35.